The van der Waals surface area contributed by atoms with E-state index in [0.717, 1.165) is 50.7 Å². The van der Waals surface area contributed by atoms with Crippen LogP contribution in [0.15, 0.2) is 42.6 Å². The van der Waals surface area contributed by atoms with Crippen molar-refractivity contribution in [1.82, 2.24) is 4.98 Å². The van der Waals surface area contributed by atoms with Crippen molar-refractivity contribution in [3.05, 3.63) is 70.7 Å². The van der Waals surface area contributed by atoms with Crippen molar-refractivity contribution in [3.8, 4) is 16.9 Å². The molecular formula is C25H20FNO3. The number of carboxylic acid groups (broad SMARTS) is 1. The highest BCUT2D eigenvalue weighted by Crippen LogP contribution is 2.42. The minimum absolute atomic E-state index is 0.147. The molecule has 0 saturated heterocycles. The summed E-state index contributed by atoms with van der Waals surface area (Å²) in [6, 6.07) is 11.1. The van der Waals surface area contributed by atoms with Gasteiger partial charge in [0.2, 0.25) is 0 Å². The number of hydrogen-bond donors (Lipinski definition) is 1. The molecule has 1 aliphatic heterocycles. The van der Waals surface area contributed by atoms with Crippen molar-refractivity contribution >= 4 is 27.6 Å². The molecule has 0 saturated carbocycles. The molecule has 1 aromatic heterocycles. The molecule has 30 heavy (non-hydrogen) atoms. The Labute approximate surface area is 172 Å². The Morgan fingerprint density at radius 3 is 2.77 bits per heavy atom. The molecule has 1 aliphatic rings. The van der Waals surface area contributed by atoms with E-state index in [1.165, 1.54) is 6.07 Å². The quantitative estimate of drug-likeness (QED) is 0.501. The van der Waals surface area contributed by atoms with Crippen LogP contribution in [0.5, 0.6) is 5.75 Å². The highest BCUT2D eigenvalue weighted by Gasteiger charge is 2.22. The summed E-state index contributed by atoms with van der Waals surface area (Å²) in [4.78, 5) is 16.3. The summed E-state index contributed by atoms with van der Waals surface area (Å²) in [6.45, 7) is 4.26. The predicted octanol–water partition coefficient (Wildman–Crippen LogP) is 5.37. The summed E-state index contributed by atoms with van der Waals surface area (Å²) >= 11 is 0. The van der Waals surface area contributed by atoms with Gasteiger partial charge in [0.05, 0.1) is 18.5 Å². The van der Waals surface area contributed by atoms with Crippen LogP contribution in [-0.2, 0) is 17.6 Å². The van der Waals surface area contributed by atoms with Crippen LogP contribution in [0.4, 0.5) is 4.39 Å². The Morgan fingerprint density at radius 2 is 1.97 bits per heavy atom. The Balaban J connectivity index is 1.94. The van der Waals surface area contributed by atoms with Crippen molar-refractivity contribution in [2.75, 3.05) is 6.61 Å². The molecule has 0 radical (unpaired) electrons. The first kappa shape index (κ1) is 18.6. The molecule has 2 heterocycles. The molecule has 0 unspecified atom stereocenters. The summed E-state index contributed by atoms with van der Waals surface area (Å²) in [5, 5.41) is 12.1. The van der Waals surface area contributed by atoms with Gasteiger partial charge in [0.1, 0.15) is 11.6 Å². The van der Waals surface area contributed by atoms with E-state index in [-0.39, 0.29) is 12.2 Å². The number of pyridine rings is 1. The maximum absolute atomic E-state index is 14.6. The second-order valence-electron chi connectivity index (χ2n) is 7.84. The molecule has 4 aromatic rings. The minimum atomic E-state index is -0.926. The van der Waals surface area contributed by atoms with Gasteiger partial charge in [-0.05, 0) is 82.8 Å². The lowest BCUT2D eigenvalue weighted by Crippen LogP contribution is -2.10. The van der Waals surface area contributed by atoms with Gasteiger partial charge < -0.3 is 9.84 Å². The topological polar surface area (TPSA) is 59.4 Å². The summed E-state index contributed by atoms with van der Waals surface area (Å²) < 4.78 is 20.4. The monoisotopic (exact) mass is 401 g/mol. The van der Waals surface area contributed by atoms with E-state index in [2.05, 4.69) is 4.98 Å². The molecule has 1 N–H and O–H groups in total. The van der Waals surface area contributed by atoms with Gasteiger partial charge in [0, 0.05) is 23.6 Å². The van der Waals surface area contributed by atoms with Crippen molar-refractivity contribution in [2.45, 2.75) is 26.7 Å². The van der Waals surface area contributed by atoms with Crippen molar-refractivity contribution < 1.29 is 19.0 Å². The van der Waals surface area contributed by atoms with E-state index in [1.807, 2.05) is 37.3 Å². The van der Waals surface area contributed by atoms with Crippen LogP contribution in [0.3, 0.4) is 0 Å². The highest BCUT2D eigenvalue weighted by molar-refractivity contribution is 6.08. The Kier molecular flexibility index (Phi) is 4.21. The minimum Gasteiger partial charge on any atom is -0.493 e. The second kappa shape index (κ2) is 6.80. The summed E-state index contributed by atoms with van der Waals surface area (Å²) in [6.07, 6.45) is 2.42. The molecule has 0 amide bonds. The van der Waals surface area contributed by atoms with Crippen LogP contribution < -0.4 is 4.74 Å². The molecule has 5 rings (SSSR count). The lowest BCUT2D eigenvalue weighted by Gasteiger charge is -2.22. The fraction of sp³-hybridized carbons (Fsp3) is 0.200. The van der Waals surface area contributed by atoms with Gasteiger partial charge in [-0.3, -0.25) is 9.78 Å². The first-order chi connectivity index (χ1) is 14.4. The predicted molar refractivity (Wildman–Crippen MR) is 115 cm³/mol. The van der Waals surface area contributed by atoms with Crippen LogP contribution in [0, 0.1) is 19.7 Å². The number of ether oxygens (including phenoxy) is 1. The number of hydrogen-bond acceptors (Lipinski definition) is 3. The average Bonchev–Trinajstić information content (AvgIpc) is 2.71. The number of nitrogens with zero attached hydrogens (tertiary/aromatic N) is 1. The van der Waals surface area contributed by atoms with Gasteiger partial charge in [-0.2, -0.15) is 0 Å². The van der Waals surface area contributed by atoms with Crippen LogP contribution in [0.1, 0.15) is 22.3 Å². The number of aromatic nitrogens is 1. The fourth-order valence-electron chi connectivity index (χ4n) is 4.51. The zero-order chi connectivity index (χ0) is 21.0. The third-order valence-electron chi connectivity index (χ3n) is 5.92. The van der Waals surface area contributed by atoms with Crippen molar-refractivity contribution in [1.29, 1.82) is 0 Å². The zero-order valence-corrected chi connectivity index (χ0v) is 16.8. The number of aliphatic carboxylic acids is 1. The Bertz CT molecular complexity index is 1350. The smallest absolute Gasteiger partial charge is 0.307 e. The number of carbonyl (C=O) groups is 1. The molecule has 5 heteroatoms. The van der Waals surface area contributed by atoms with Crippen LogP contribution in [0.2, 0.25) is 0 Å². The van der Waals surface area contributed by atoms with Crippen LogP contribution >= 0.6 is 0 Å². The van der Waals surface area contributed by atoms with Crippen molar-refractivity contribution in [2.24, 2.45) is 0 Å². The van der Waals surface area contributed by atoms with E-state index >= 15 is 0 Å². The molecule has 0 fully saturated rings. The van der Waals surface area contributed by atoms with E-state index in [9.17, 15) is 14.3 Å². The SMILES string of the molecule is Cc1cc2cc(C)c(CC(=O)O)c(-c3ccc4c5c(ccnc35)CCO4)c2cc1F. The lowest BCUT2D eigenvalue weighted by molar-refractivity contribution is -0.136. The lowest BCUT2D eigenvalue weighted by atomic mass is 9.86. The fourth-order valence-corrected chi connectivity index (χ4v) is 4.51. The van der Waals surface area contributed by atoms with Crippen molar-refractivity contribution in [3.63, 3.8) is 0 Å². The van der Waals surface area contributed by atoms with Crippen LogP contribution in [-0.4, -0.2) is 22.7 Å². The highest BCUT2D eigenvalue weighted by atomic mass is 19.1. The first-order valence-corrected chi connectivity index (χ1v) is 9.92. The molecule has 0 spiro atoms. The molecule has 3 aromatic carbocycles. The molecule has 4 nitrogen and oxygen atoms in total. The summed E-state index contributed by atoms with van der Waals surface area (Å²) in [7, 11) is 0. The third kappa shape index (κ3) is 2.81. The molecule has 0 bridgehead atoms. The standard InChI is InChI=1S/C25H20FNO3/c1-13-9-16-10-14(2)20(26)11-19(16)24(18(13)12-22(28)29)17-3-4-21-23-15(6-8-30-21)5-7-27-25(17)23/h3-5,7,9-11H,6,8,12H2,1-2H3,(H,28,29). The van der Waals surface area contributed by atoms with Gasteiger partial charge in [-0.25, -0.2) is 4.39 Å². The summed E-state index contributed by atoms with van der Waals surface area (Å²) in [5.74, 6) is -0.458. The van der Waals surface area contributed by atoms with E-state index in [0.29, 0.717) is 23.1 Å². The number of halogens is 1. The second-order valence-corrected chi connectivity index (χ2v) is 7.84. The van der Waals surface area contributed by atoms with E-state index in [4.69, 9.17) is 4.74 Å². The van der Waals surface area contributed by atoms with Gasteiger partial charge in [-0.15, -0.1) is 0 Å². The van der Waals surface area contributed by atoms with Crippen LogP contribution in [0.25, 0.3) is 32.8 Å². The van der Waals surface area contributed by atoms with E-state index < -0.39 is 5.97 Å². The van der Waals surface area contributed by atoms with Gasteiger partial charge in [0.15, 0.2) is 0 Å². The summed E-state index contributed by atoms with van der Waals surface area (Å²) in [5.41, 5.74) is 5.54. The zero-order valence-electron chi connectivity index (χ0n) is 16.8. The normalized spacial score (nSPS) is 12.9. The molecule has 0 atom stereocenters. The number of carboxylic acids is 1. The molecule has 0 aliphatic carbocycles. The first-order valence-electron chi connectivity index (χ1n) is 9.92. The molecule has 150 valence electrons. The maximum Gasteiger partial charge on any atom is 0.307 e. The number of aryl methyl sites for hydroxylation is 2. The average molecular weight is 401 g/mol. The van der Waals surface area contributed by atoms with Gasteiger partial charge in [-0.1, -0.05) is 6.07 Å². The van der Waals surface area contributed by atoms with Gasteiger partial charge in [0.25, 0.3) is 0 Å². The molecular weight excluding hydrogens is 381 g/mol. The number of benzene rings is 3. The maximum atomic E-state index is 14.6. The third-order valence-corrected chi connectivity index (χ3v) is 5.92. The number of fused-ring (bicyclic) bond motifs is 1. The van der Waals surface area contributed by atoms with E-state index in [1.54, 1.807) is 13.1 Å². The van der Waals surface area contributed by atoms with Gasteiger partial charge >= 0.3 is 5.97 Å². The number of rotatable bonds is 3. The largest absolute Gasteiger partial charge is 0.493 e. The Morgan fingerprint density at radius 1 is 1.17 bits per heavy atom. The Hall–Kier alpha value is -3.47.